The van der Waals surface area contributed by atoms with Crippen molar-refractivity contribution in [2.75, 3.05) is 11.5 Å². The standard InChI is InChI=1S/C22H19ClO5S2/c23-18-10-6-16(7-11-18)17-8-12-20(13-9-17)30(27,28)15-22(26,21(24)25)14-29-19-4-2-1-3-5-19/h1-13,26H,14-15H2,(H,24,25)/p-1/t22-/m1/s1. The zero-order valence-corrected chi connectivity index (χ0v) is 18.1. The smallest absolute Gasteiger partial charge is 0.181 e. The van der Waals surface area contributed by atoms with Crippen molar-refractivity contribution < 1.29 is 23.4 Å². The van der Waals surface area contributed by atoms with Crippen LogP contribution in [0.15, 0.2) is 88.7 Å². The van der Waals surface area contributed by atoms with E-state index in [1.165, 1.54) is 12.1 Å². The van der Waals surface area contributed by atoms with Gasteiger partial charge in [-0.3, -0.25) is 0 Å². The van der Waals surface area contributed by atoms with Crippen LogP contribution in [-0.4, -0.2) is 36.6 Å². The number of carbonyl (C=O) groups excluding carboxylic acids is 1. The zero-order valence-electron chi connectivity index (χ0n) is 15.7. The molecule has 0 aromatic heterocycles. The first-order chi connectivity index (χ1) is 14.2. The Labute approximate surface area is 184 Å². The number of hydrogen-bond acceptors (Lipinski definition) is 6. The number of halogens is 1. The second kappa shape index (κ2) is 9.22. The number of rotatable bonds is 8. The Morgan fingerprint density at radius 2 is 1.47 bits per heavy atom. The number of aliphatic hydroxyl groups is 1. The largest absolute Gasteiger partial charge is 0.547 e. The second-order valence-corrected chi connectivity index (χ2v) is 10.2. The minimum Gasteiger partial charge on any atom is -0.547 e. The first-order valence-corrected chi connectivity index (χ1v) is 11.9. The Kier molecular flexibility index (Phi) is 6.88. The molecule has 1 N–H and O–H groups in total. The molecule has 156 valence electrons. The molecule has 5 nitrogen and oxygen atoms in total. The topological polar surface area (TPSA) is 94.5 Å². The molecule has 1 atom stereocenters. The Balaban J connectivity index is 1.78. The number of carboxylic acids is 1. The lowest BCUT2D eigenvalue weighted by Gasteiger charge is -2.28. The molecule has 3 rings (SSSR count). The molecule has 0 saturated carbocycles. The Morgan fingerprint density at radius 3 is 2.00 bits per heavy atom. The van der Waals surface area contributed by atoms with Crippen LogP contribution in [0.4, 0.5) is 0 Å². The van der Waals surface area contributed by atoms with Crippen LogP contribution in [0.3, 0.4) is 0 Å². The van der Waals surface area contributed by atoms with E-state index in [4.69, 9.17) is 11.6 Å². The minimum atomic E-state index is -4.08. The highest BCUT2D eigenvalue weighted by molar-refractivity contribution is 7.99. The third-order valence-electron chi connectivity index (χ3n) is 4.42. The maximum atomic E-state index is 12.8. The van der Waals surface area contributed by atoms with Crippen molar-refractivity contribution in [3.05, 3.63) is 83.9 Å². The Hall–Kier alpha value is -2.32. The maximum Gasteiger partial charge on any atom is 0.181 e. The predicted molar refractivity (Wildman–Crippen MR) is 116 cm³/mol. The van der Waals surface area contributed by atoms with Gasteiger partial charge < -0.3 is 15.0 Å². The number of sulfone groups is 1. The van der Waals surface area contributed by atoms with Crippen LogP contribution >= 0.6 is 23.4 Å². The molecule has 0 fully saturated rings. The van der Waals surface area contributed by atoms with Gasteiger partial charge in [-0.05, 0) is 47.5 Å². The normalized spacial score (nSPS) is 13.5. The van der Waals surface area contributed by atoms with E-state index < -0.39 is 27.2 Å². The van der Waals surface area contributed by atoms with Gasteiger partial charge in [0.05, 0.1) is 16.6 Å². The summed E-state index contributed by atoms with van der Waals surface area (Å²) in [4.78, 5) is 12.2. The van der Waals surface area contributed by atoms with Crippen LogP contribution in [0.5, 0.6) is 0 Å². The Morgan fingerprint density at radius 1 is 0.933 bits per heavy atom. The highest BCUT2D eigenvalue weighted by Gasteiger charge is 2.36. The molecule has 3 aromatic rings. The van der Waals surface area contributed by atoms with Gasteiger partial charge in [0.1, 0.15) is 5.60 Å². The van der Waals surface area contributed by atoms with Crippen molar-refractivity contribution in [2.24, 2.45) is 0 Å². The zero-order chi connectivity index (χ0) is 21.8. The molecule has 30 heavy (non-hydrogen) atoms. The van der Waals surface area contributed by atoms with E-state index in [-0.39, 0.29) is 10.6 Å². The van der Waals surface area contributed by atoms with Crippen molar-refractivity contribution in [3.63, 3.8) is 0 Å². The van der Waals surface area contributed by atoms with Gasteiger partial charge in [-0.1, -0.05) is 54.1 Å². The molecule has 0 saturated heterocycles. The number of benzene rings is 3. The van der Waals surface area contributed by atoms with E-state index in [9.17, 15) is 23.4 Å². The summed E-state index contributed by atoms with van der Waals surface area (Å²) in [6, 6.07) is 21.9. The van der Waals surface area contributed by atoms with E-state index in [1.54, 1.807) is 54.6 Å². The molecule has 8 heteroatoms. The fraction of sp³-hybridized carbons (Fsp3) is 0.136. The third-order valence-corrected chi connectivity index (χ3v) is 7.75. The highest BCUT2D eigenvalue weighted by atomic mass is 35.5. The van der Waals surface area contributed by atoms with E-state index in [1.807, 2.05) is 12.1 Å². The van der Waals surface area contributed by atoms with E-state index in [0.717, 1.165) is 22.9 Å². The van der Waals surface area contributed by atoms with Crippen LogP contribution < -0.4 is 5.11 Å². The van der Waals surface area contributed by atoms with Crippen molar-refractivity contribution in [3.8, 4) is 11.1 Å². The second-order valence-electron chi connectivity index (χ2n) is 6.71. The van der Waals surface area contributed by atoms with Gasteiger partial charge in [0.2, 0.25) is 0 Å². The van der Waals surface area contributed by atoms with Crippen LogP contribution in [0.25, 0.3) is 11.1 Å². The van der Waals surface area contributed by atoms with Crippen molar-refractivity contribution in [1.29, 1.82) is 0 Å². The van der Waals surface area contributed by atoms with Gasteiger partial charge in [-0.15, -0.1) is 11.8 Å². The van der Waals surface area contributed by atoms with Crippen LogP contribution in [-0.2, 0) is 14.6 Å². The minimum absolute atomic E-state index is 0.0791. The number of carbonyl (C=O) groups is 1. The van der Waals surface area contributed by atoms with Gasteiger partial charge in [0.15, 0.2) is 9.84 Å². The molecular formula is C22H18ClO5S2-. The average Bonchev–Trinajstić information content (AvgIpc) is 2.73. The van der Waals surface area contributed by atoms with Crippen molar-refractivity contribution >= 4 is 39.2 Å². The fourth-order valence-electron chi connectivity index (χ4n) is 2.77. The van der Waals surface area contributed by atoms with Crippen molar-refractivity contribution in [1.82, 2.24) is 0 Å². The van der Waals surface area contributed by atoms with E-state index >= 15 is 0 Å². The third kappa shape index (κ3) is 5.43. The summed E-state index contributed by atoms with van der Waals surface area (Å²) in [6.45, 7) is 0. The number of carboxylic acid groups (broad SMARTS) is 1. The number of thioether (sulfide) groups is 1. The lowest BCUT2D eigenvalue weighted by molar-refractivity contribution is -0.321. The van der Waals surface area contributed by atoms with Gasteiger partial charge in [-0.2, -0.15) is 0 Å². The highest BCUT2D eigenvalue weighted by Crippen LogP contribution is 2.27. The SMILES string of the molecule is O=C([O-])[C@@](O)(CSc1ccccc1)CS(=O)(=O)c1ccc(-c2ccc(Cl)cc2)cc1. The van der Waals surface area contributed by atoms with Gasteiger partial charge in [0.25, 0.3) is 0 Å². The van der Waals surface area contributed by atoms with Crippen molar-refractivity contribution in [2.45, 2.75) is 15.4 Å². The van der Waals surface area contributed by atoms with Gasteiger partial charge in [-0.25, -0.2) is 8.42 Å². The van der Waals surface area contributed by atoms with E-state index in [0.29, 0.717) is 9.92 Å². The van der Waals surface area contributed by atoms with Crippen LogP contribution in [0.2, 0.25) is 5.02 Å². The monoisotopic (exact) mass is 461 g/mol. The summed E-state index contributed by atoms with van der Waals surface area (Å²) in [6.07, 6.45) is 0. The Bertz CT molecular complexity index is 1110. The molecule has 0 unspecified atom stereocenters. The van der Waals surface area contributed by atoms with Crippen LogP contribution in [0.1, 0.15) is 0 Å². The average molecular weight is 462 g/mol. The lowest BCUT2D eigenvalue weighted by Crippen LogP contribution is -2.54. The molecule has 0 heterocycles. The fourth-order valence-corrected chi connectivity index (χ4v) is 5.57. The quantitative estimate of drug-likeness (QED) is 0.518. The molecule has 0 bridgehead atoms. The summed E-state index contributed by atoms with van der Waals surface area (Å²) in [5.41, 5.74) is -0.900. The molecule has 0 aliphatic rings. The molecule has 0 aliphatic carbocycles. The molecule has 0 radical (unpaired) electrons. The maximum absolute atomic E-state index is 12.8. The molecular weight excluding hydrogens is 444 g/mol. The summed E-state index contributed by atoms with van der Waals surface area (Å²) in [5, 5.41) is 22.7. The lowest BCUT2D eigenvalue weighted by atomic mass is 10.1. The summed E-state index contributed by atoms with van der Waals surface area (Å²) >= 11 is 6.92. The number of aliphatic carboxylic acids is 1. The molecule has 3 aromatic carbocycles. The molecule has 0 amide bonds. The first-order valence-electron chi connectivity index (χ1n) is 8.90. The number of hydrogen-bond donors (Lipinski definition) is 1. The molecule has 0 spiro atoms. The summed E-state index contributed by atoms with van der Waals surface area (Å²) in [5.74, 6) is -3.17. The summed E-state index contributed by atoms with van der Waals surface area (Å²) < 4.78 is 25.6. The van der Waals surface area contributed by atoms with Gasteiger partial charge in [0, 0.05) is 15.7 Å². The van der Waals surface area contributed by atoms with Gasteiger partial charge >= 0.3 is 0 Å². The van der Waals surface area contributed by atoms with E-state index in [2.05, 4.69) is 0 Å². The molecule has 0 aliphatic heterocycles. The predicted octanol–water partition coefficient (Wildman–Crippen LogP) is 3.05. The summed E-state index contributed by atoms with van der Waals surface area (Å²) in [7, 11) is -4.08. The first kappa shape index (κ1) is 22.4. The van der Waals surface area contributed by atoms with Crippen LogP contribution in [0, 0.1) is 0 Å².